The van der Waals surface area contributed by atoms with E-state index in [2.05, 4.69) is 5.32 Å². The summed E-state index contributed by atoms with van der Waals surface area (Å²) in [5, 5.41) is 23.5. The molecule has 5 atom stereocenters. The molecule has 2 aliphatic heterocycles. The number of aliphatic hydroxyl groups excluding tert-OH is 2. The van der Waals surface area contributed by atoms with E-state index in [1.807, 2.05) is 24.3 Å². The highest BCUT2D eigenvalue weighted by Gasteiger charge is 2.52. The number of nitrogens with zero attached hydrogens (tertiary/aromatic N) is 1. The number of fused-ring (bicyclic) bond motifs is 3. The third-order valence-corrected chi connectivity index (χ3v) is 7.38. The molecule has 2 amide bonds. The molecule has 2 heterocycles. The van der Waals surface area contributed by atoms with Crippen molar-refractivity contribution in [1.82, 2.24) is 10.2 Å². The van der Waals surface area contributed by atoms with Crippen LogP contribution in [0.1, 0.15) is 50.0 Å². The minimum absolute atomic E-state index is 0.000295. The van der Waals surface area contributed by atoms with E-state index in [4.69, 9.17) is 9.47 Å². The van der Waals surface area contributed by atoms with E-state index >= 15 is 0 Å². The molecule has 1 aromatic rings. The van der Waals surface area contributed by atoms with Crippen molar-refractivity contribution in [2.75, 3.05) is 19.8 Å². The van der Waals surface area contributed by atoms with Crippen LogP contribution in [-0.4, -0.2) is 77.1 Å². The largest absolute Gasteiger partial charge is 0.486 e. The summed E-state index contributed by atoms with van der Waals surface area (Å²) in [5.74, 6) is -0.212. The summed E-state index contributed by atoms with van der Waals surface area (Å²) >= 11 is 0. The van der Waals surface area contributed by atoms with Crippen LogP contribution >= 0.6 is 0 Å². The number of nitrogens with one attached hydrogen (secondary N) is 1. The van der Waals surface area contributed by atoms with E-state index < -0.39 is 30.3 Å². The molecule has 33 heavy (non-hydrogen) atoms. The molecule has 5 rings (SSSR count). The molecule has 0 radical (unpaired) electrons. The molecule has 2 aliphatic carbocycles. The Labute approximate surface area is 193 Å². The SMILES string of the molecule is O=C(NCCO)C1=C[C@@H](N(C(=O)C2CCCO2)C2CCCC2)[C@H](O)[C@H]2Oc3ccccc3[C@@H]12. The summed E-state index contributed by atoms with van der Waals surface area (Å²) in [6.07, 6.45) is 4.92. The molecule has 0 aromatic heterocycles. The first-order valence-electron chi connectivity index (χ1n) is 12.1. The smallest absolute Gasteiger partial charge is 0.252 e. The van der Waals surface area contributed by atoms with Gasteiger partial charge in [0.05, 0.1) is 18.6 Å². The molecular formula is C25H32N2O6. The number of carbonyl (C=O) groups excluding carboxylic acids is 2. The zero-order chi connectivity index (χ0) is 22.9. The normalized spacial score (nSPS) is 30.8. The number of aliphatic hydroxyl groups is 2. The molecule has 8 heteroatoms. The fraction of sp³-hybridized carbons (Fsp3) is 0.600. The molecule has 3 N–H and O–H groups in total. The number of hydrogen-bond acceptors (Lipinski definition) is 6. The fourth-order valence-corrected chi connectivity index (χ4v) is 5.85. The van der Waals surface area contributed by atoms with Crippen molar-refractivity contribution < 1.29 is 29.3 Å². The average molecular weight is 457 g/mol. The first-order chi connectivity index (χ1) is 16.1. The Bertz CT molecular complexity index is 921. The summed E-state index contributed by atoms with van der Waals surface area (Å²) in [4.78, 5) is 28.6. The third kappa shape index (κ3) is 4.05. The van der Waals surface area contributed by atoms with Crippen LogP contribution < -0.4 is 10.1 Å². The number of hydrogen-bond donors (Lipinski definition) is 3. The molecule has 0 spiro atoms. The molecule has 2 fully saturated rings. The summed E-state index contributed by atoms with van der Waals surface area (Å²) in [6, 6.07) is 6.81. The van der Waals surface area contributed by atoms with E-state index in [1.54, 1.807) is 11.0 Å². The maximum Gasteiger partial charge on any atom is 0.252 e. The second kappa shape index (κ2) is 9.44. The number of carbonyl (C=O) groups is 2. The van der Waals surface area contributed by atoms with E-state index in [9.17, 15) is 19.8 Å². The number of ether oxygens (including phenoxy) is 2. The van der Waals surface area contributed by atoms with E-state index in [0.717, 1.165) is 37.7 Å². The summed E-state index contributed by atoms with van der Waals surface area (Å²) in [5.41, 5.74) is 1.32. The van der Waals surface area contributed by atoms with Gasteiger partial charge in [-0.2, -0.15) is 0 Å². The van der Waals surface area contributed by atoms with Gasteiger partial charge in [-0.15, -0.1) is 0 Å². The lowest BCUT2D eigenvalue weighted by Gasteiger charge is -2.44. The van der Waals surface area contributed by atoms with Crippen LogP contribution in [0.25, 0.3) is 0 Å². The number of amides is 2. The summed E-state index contributed by atoms with van der Waals surface area (Å²) < 4.78 is 11.9. The summed E-state index contributed by atoms with van der Waals surface area (Å²) in [6.45, 7) is 0.526. The van der Waals surface area contributed by atoms with Crippen LogP contribution in [0, 0.1) is 0 Å². The predicted octanol–water partition coefficient (Wildman–Crippen LogP) is 1.26. The van der Waals surface area contributed by atoms with Gasteiger partial charge in [0.1, 0.15) is 24.1 Å². The quantitative estimate of drug-likeness (QED) is 0.595. The Kier molecular flexibility index (Phi) is 6.40. The van der Waals surface area contributed by atoms with Crippen LogP contribution in [0.5, 0.6) is 5.75 Å². The van der Waals surface area contributed by atoms with Crippen molar-refractivity contribution in [1.29, 1.82) is 0 Å². The molecule has 0 bridgehead atoms. The molecule has 8 nitrogen and oxygen atoms in total. The molecular weight excluding hydrogens is 424 g/mol. The molecule has 1 saturated heterocycles. The third-order valence-electron chi connectivity index (χ3n) is 7.38. The van der Waals surface area contributed by atoms with Crippen LogP contribution in [-0.2, 0) is 14.3 Å². The lowest BCUT2D eigenvalue weighted by molar-refractivity contribution is -0.150. The predicted molar refractivity (Wildman–Crippen MR) is 120 cm³/mol. The molecule has 4 aliphatic rings. The Morgan fingerprint density at radius 3 is 2.64 bits per heavy atom. The van der Waals surface area contributed by atoms with Gasteiger partial charge in [0.25, 0.3) is 5.91 Å². The van der Waals surface area contributed by atoms with Crippen LogP contribution in [0.2, 0.25) is 0 Å². The van der Waals surface area contributed by atoms with Crippen molar-refractivity contribution in [3.05, 3.63) is 41.5 Å². The maximum atomic E-state index is 13.6. The highest BCUT2D eigenvalue weighted by Crippen LogP contribution is 2.47. The van der Waals surface area contributed by atoms with Crippen molar-refractivity contribution in [3.8, 4) is 5.75 Å². The fourth-order valence-electron chi connectivity index (χ4n) is 5.85. The second-order valence-electron chi connectivity index (χ2n) is 9.37. The Balaban J connectivity index is 1.54. The Morgan fingerprint density at radius 1 is 1.12 bits per heavy atom. The van der Waals surface area contributed by atoms with Gasteiger partial charge in [0.15, 0.2) is 0 Å². The average Bonchev–Trinajstić information content (AvgIpc) is 3.60. The number of para-hydroxylation sites is 1. The highest BCUT2D eigenvalue weighted by molar-refractivity contribution is 5.96. The van der Waals surface area contributed by atoms with Gasteiger partial charge in [-0.3, -0.25) is 9.59 Å². The van der Waals surface area contributed by atoms with Crippen molar-refractivity contribution >= 4 is 11.8 Å². The van der Waals surface area contributed by atoms with Gasteiger partial charge in [0, 0.05) is 30.3 Å². The molecule has 1 aromatic carbocycles. The van der Waals surface area contributed by atoms with Crippen molar-refractivity contribution in [2.24, 2.45) is 0 Å². The maximum absolute atomic E-state index is 13.6. The van der Waals surface area contributed by atoms with Gasteiger partial charge in [-0.05, 0) is 37.8 Å². The topological polar surface area (TPSA) is 108 Å². The number of rotatable bonds is 6. The van der Waals surface area contributed by atoms with Gasteiger partial charge in [-0.1, -0.05) is 31.0 Å². The lowest BCUT2D eigenvalue weighted by atomic mass is 9.77. The summed E-state index contributed by atoms with van der Waals surface area (Å²) in [7, 11) is 0. The highest BCUT2D eigenvalue weighted by atomic mass is 16.5. The van der Waals surface area contributed by atoms with Gasteiger partial charge in [0.2, 0.25) is 5.91 Å². The van der Waals surface area contributed by atoms with Gasteiger partial charge >= 0.3 is 0 Å². The lowest BCUT2D eigenvalue weighted by Crippen LogP contribution is -2.59. The van der Waals surface area contributed by atoms with Crippen LogP contribution in [0.4, 0.5) is 0 Å². The van der Waals surface area contributed by atoms with Gasteiger partial charge < -0.3 is 29.9 Å². The monoisotopic (exact) mass is 456 g/mol. The van der Waals surface area contributed by atoms with E-state index in [0.29, 0.717) is 24.4 Å². The first kappa shape index (κ1) is 22.4. The van der Waals surface area contributed by atoms with Crippen LogP contribution in [0.15, 0.2) is 35.9 Å². The number of benzene rings is 1. The zero-order valence-corrected chi connectivity index (χ0v) is 18.7. The van der Waals surface area contributed by atoms with E-state index in [1.165, 1.54) is 0 Å². The van der Waals surface area contributed by atoms with Crippen molar-refractivity contribution in [3.63, 3.8) is 0 Å². The first-order valence-corrected chi connectivity index (χ1v) is 12.1. The van der Waals surface area contributed by atoms with Crippen molar-refractivity contribution in [2.45, 2.75) is 74.8 Å². The Morgan fingerprint density at radius 2 is 1.91 bits per heavy atom. The molecule has 1 saturated carbocycles. The second-order valence-corrected chi connectivity index (χ2v) is 9.37. The van der Waals surface area contributed by atoms with Crippen LogP contribution in [0.3, 0.4) is 0 Å². The minimum atomic E-state index is -0.984. The Hall–Kier alpha value is -2.42. The molecule has 178 valence electrons. The van der Waals surface area contributed by atoms with E-state index in [-0.39, 0.29) is 31.0 Å². The minimum Gasteiger partial charge on any atom is -0.486 e. The standard InChI is InChI=1S/C25H32N2O6/c28-12-11-26-24(30)17-14-18(22(29)23-21(17)16-8-3-4-9-19(16)33-23)27(15-6-1-2-7-15)25(31)20-10-5-13-32-20/h3-4,8-9,14-15,18,20-23,28-29H,1-2,5-7,10-13H2,(H,26,30)/t18-,20?,21+,22+,23+/m1/s1. The zero-order valence-electron chi connectivity index (χ0n) is 18.7. The van der Waals surface area contributed by atoms with Gasteiger partial charge in [-0.25, -0.2) is 0 Å². The molecule has 1 unspecified atom stereocenters.